The van der Waals surface area contributed by atoms with E-state index in [4.69, 9.17) is 5.11 Å². The third kappa shape index (κ3) is 4.12. The van der Waals surface area contributed by atoms with Crippen molar-refractivity contribution in [3.05, 3.63) is 17.5 Å². The Kier molecular flexibility index (Phi) is 5.58. The number of amides is 2. The van der Waals surface area contributed by atoms with Crippen LogP contribution in [0.25, 0.3) is 0 Å². The van der Waals surface area contributed by atoms with Crippen molar-refractivity contribution in [2.75, 3.05) is 26.7 Å². The minimum atomic E-state index is -0.880. The lowest BCUT2D eigenvalue weighted by atomic mass is 9.98. The predicted molar refractivity (Wildman–Crippen MR) is 86.6 cm³/mol. The molecule has 8 nitrogen and oxygen atoms in total. The minimum absolute atomic E-state index is 0.0882. The molecule has 0 bridgehead atoms. The summed E-state index contributed by atoms with van der Waals surface area (Å²) in [6.45, 7) is 4.63. The molecular formula is C16H24N4O4. The number of piperidine rings is 1. The number of carboxylic acids is 1. The van der Waals surface area contributed by atoms with E-state index >= 15 is 0 Å². The predicted octanol–water partition coefficient (Wildman–Crippen LogP) is 0.928. The zero-order valence-electron chi connectivity index (χ0n) is 14.3. The van der Waals surface area contributed by atoms with Crippen LogP contribution < -0.4 is 0 Å². The molecule has 1 unspecified atom stereocenters. The third-order valence-corrected chi connectivity index (χ3v) is 4.28. The highest BCUT2D eigenvalue weighted by Gasteiger charge is 2.29. The summed E-state index contributed by atoms with van der Waals surface area (Å²) < 4.78 is 0. The number of carbonyl (C=O) groups excluding carboxylic acids is 2. The number of hydrogen-bond donors (Lipinski definition) is 2. The van der Waals surface area contributed by atoms with Gasteiger partial charge < -0.3 is 14.9 Å². The molecule has 1 aromatic rings. The Morgan fingerprint density at radius 1 is 1.46 bits per heavy atom. The largest absolute Gasteiger partial charge is 0.481 e. The number of aromatic nitrogens is 2. The van der Waals surface area contributed by atoms with Gasteiger partial charge in [0, 0.05) is 25.8 Å². The summed E-state index contributed by atoms with van der Waals surface area (Å²) >= 11 is 0. The standard InChI is InChI=1S/C16H24N4O4/c1-10(2)12-7-13(18-17-12)15(22)19(3)9-14(21)20-6-4-5-11(8-20)16(23)24/h7,10-11H,4-6,8-9H2,1-3H3,(H,17,18)(H,23,24). The van der Waals surface area contributed by atoms with E-state index in [1.54, 1.807) is 13.1 Å². The van der Waals surface area contributed by atoms with Crippen LogP contribution in [0.5, 0.6) is 0 Å². The van der Waals surface area contributed by atoms with E-state index in [-0.39, 0.29) is 36.5 Å². The van der Waals surface area contributed by atoms with Gasteiger partial charge in [-0.3, -0.25) is 19.5 Å². The van der Waals surface area contributed by atoms with Crippen molar-refractivity contribution in [2.45, 2.75) is 32.6 Å². The van der Waals surface area contributed by atoms with Gasteiger partial charge in [-0.1, -0.05) is 13.8 Å². The average Bonchev–Trinajstić information content (AvgIpc) is 3.04. The molecule has 1 aliphatic rings. The van der Waals surface area contributed by atoms with Crippen LogP contribution in [-0.4, -0.2) is 69.6 Å². The Balaban J connectivity index is 1.95. The summed E-state index contributed by atoms with van der Waals surface area (Å²) in [6.07, 6.45) is 1.25. The number of nitrogens with one attached hydrogen (secondary N) is 1. The summed E-state index contributed by atoms with van der Waals surface area (Å²) in [5.74, 6) is -1.75. The van der Waals surface area contributed by atoms with Crippen molar-refractivity contribution < 1.29 is 19.5 Å². The summed E-state index contributed by atoms with van der Waals surface area (Å²) in [4.78, 5) is 38.6. The lowest BCUT2D eigenvalue weighted by molar-refractivity contribution is -0.145. The van der Waals surface area contributed by atoms with Crippen molar-refractivity contribution in [1.82, 2.24) is 20.0 Å². The van der Waals surface area contributed by atoms with Crippen LogP contribution in [0, 0.1) is 5.92 Å². The molecule has 0 saturated carbocycles. The fourth-order valence-electron chi connectivity index (χ4n) is 2.72. The van der Waals surface area contributed by atoms with Crippen LogP contribution in [-0.2, 0) is 9.59 Å². The van der Waals surface area contributed by atoms with Crippen LogP contribution in [0.2, 0.25) is 0 Å². The SMILES string of the molecule is CC(C)c1cc(C(=O)N(C)CC(=O)N2CCCC(C(=O)O)C2)n[nH]1. The maximum absolute atomic E-state index is 12.3. The second-order valence-corrected chi connectivity index (χ2v) is 6.54. The minimum Gasteiger partial charge on any atom is -0.481 e. The molecule has 2 N–H and O–H groups in total. The van der Waals surface area contributed by atoms with E-state index in [1.807, 2.05) is 13.8 Å². The molecule has 1 aromatic heterocycles. The van der Waals surface area contributed by atoms with Gasteiger partial charge in [0.2, 0.25) is 5.91 Å². The summed E-state index contributed by atoms with van der Waals surface area (Å²) in [6, 6.07) is 1.69. The topological polar surface area (TPSA) is 107 Å². The van der Waals surface area contributed by atoms with Gasteiger partial charge in [0.1, 0.15) is 5.69 Å². The molecular weight excluding hydrogens is 312 g/mol. The normalized spacial score (nSPS) is 17.8. The molecule has 132 valence electrons. The highest BCUT2D eigenvalue weighted by molar-refractivity contribution is 5.94. The number of carboxylic acid groups (broad SMARTS) is 1. The van der Waals surface area contributed by atoms with E-state index in [0.717, 1.165) is 5.69 Å². The molecule has 0 spiro atoms. The van der Waals surface area contributed by atoms with E-state index in [0.29, 0.717) is 19.4 Å². The summed E-state index contributed by atoms with van der Waals surface area (Å²) in [5, 5.41) is 15.9. The first-order chi connectivity index (χ1) is 11.3. The van der Waals surface area contributed by atoms with Gasteiger partial charge >= 0.3 is 5.97 Å². The quantitative estimate of drug-likeness (QED) is 0.832. The lowest BCUT2D eigenvalue weighted by Crippen LogP contribution is -2.46. The highest BCUT2D eigenvalue weighted by atomic mass is 16.4. The van der Waals surface area contributed by atoms with Gasteiger partial charge in [0.15, 0.2) is 0 Å². The van der Waals surface area contributed by atoms with E-state index < -0.39 is 11.9 Å². The molecule has 0 radical (unpaired) electrons. The number of aliphatic carboxylic acids is 1. The first kappa shape index (κ1) is 18.0. The molecule has 1 fully saturated rings. The second-order valence-electron chi connectivity index (χ2n) is 6.54. The number of rotatable bonds is 5. The van der Waals surface area contributed by atoms with Crippen LogP contribution in [0.4, 0.5) is 0 Å². The van der Waals surface area contributed by atoms with E-state index in [9.17, 15) is 14.4 Å². The Morgan fingerprint density at radius 3 is 2.75 bits per heavy atom. The Morgan fingerprint density at radius 2 is 2.17 bits per heavy atom. The van der Waals surface area contributed by atoms with Crippen LogP contribution in [0.15, 0.2) is 6.07 Å². The van der Waals surface area contributed by atoms with Gasteiger partial charge in [-0.2, -0.15) is 5.10 Å². The molecule has 0 aromatic carbocycles. The zero-order valence-corrected chi connectivity index (χ0v) is 14.3. The molecule has 8 heteroatoms. The monoisotopic (exact) mass is 336 g/mol. The number of likely N-dealkylation sites (N-methyl/N-ethyl adjacent to an activating group) is 1. The highest BCUT2D eigenvalue weighted by Crippen LogP contribution is 2.17. The Hall–Kier alpha value is -2.38. The van der Waals surface area contributed by atoms with Crippen molar-refractivity contribution >= 4 is 17.8 Å². The molecule has 1 saturated heterocycles. The molecule has 1 atom stereocenters. The van der Waals surface area contributed by atoms with E-state index in [1.165, 1.54) is 9.80 Å². The smallest absolute Gasteiger partial charge is 0.308 e. The molecule has 0 aliphatic carbocycles. The fraction of sp³-hybridized carbons (Fsp3) is 0.625. The van der Waals surface area contributed by atoms with Crippen LogP contribution in [0.3, 0.4) is 0 Å². The van der Waals surface area contributed by atoms with E-state index in [2.05, 4.69) is 10.2 Å². The van der Waals surface area contributed by atoms with Crippen LogP contribution in [0.1, 0.15) is 48.8 Å². The molecule has 2 amide bonds. The Labute approximate surface area is 140 Å². The number of carbonyl (C=O) groups is 3. The van der Waals surface area contributed by atoms with Crippen molar-refractivity contribution in [2.24, 2.45) is 5.92 Å². The van der Waals surface area contributed by atoms with Gasteiger partial charge in [-0.15, -0.1) is 0 Å². The first-order valence-electron chi connectivity index (χ1n) is 8.11. The maximum atomic E-state index is 12.3. The number of hydrogen-bond acceptors (Lipinski definition) is 4. The van der Waals surface area contributed by atoms with Gasteiger partial charge in [0.25, 0.3) is 5.91 Å². The zero-order chi connectivity index (χ0) is 17.9. The van der Waals surface area contributed by atoms with Crippen LogP contribution >= 0.6 is 0 Å². The van der Waals surface area contributed by atoms with Gasteiger partial charge in [-0.25, -0.2) is 0 Å². The number of nitrogens with zero attached hydrogens (tertiary/aromatic N) is 3. The maximum Gasteiger partial charge on any atom is 0.308 e. The third-order valence-electron chi connectivity index (χ3n) is 4.28. The number of likely N-dealkylation sites (tertiary alicyclic amines) is 1. The number of aromatic amines is 1. The molecule has 24 heavy (non-hydrogen) atoms. The van der Waals surface area contributed by atoms with Crippen molar-refractivity contribution in [3.63, 3.8) is 0 Å². The van der Waals surface area contributed by atoms with Gasteiger partial charge in [-0.05, 0) is 24.8 Å². The summed E-state index contributed by atoms with van der Waals surface area (Å²) in [5.41, 5.74) is 1.13. The first-order valence-corrected chi connectivity index (χ1v) is 8.11. The van der Waals surface area contributed by atoms with Gasteiger partial charge in [0.05, 0.1) is 12.5 Å². The van der Waals surface area contributed by atoms with Crippen molar-refractivity contribution in [3.8, 4) is 0 Å². The molecule has 1 aliphatic heterocycles. The average molecular weight is 336 g/mol. The Bertz CT molecular complexity index is 625. The fourth-order valence-corrected chi connectivity index (χ4v) is 2.72. The second kappa shape index (κ2) is 7.46. The van der Waals surface area contributed by atoms with Crippen molar-refractivity contribution in [1.29, 1.82) is 0 Å². The number of H-pyrrole nitrogens is 1. The lowest BCUT2D eigenvalue weighted by Gasteiger charge is -2.31. The molecule has 2 rings (SSSR count). The summed E-state index contributed by atoms with van der Waals surface area (Å²) in [7, 11) is 1.54. The molecule has 2 heterocycles.